The summed E-state index contributed by atoms with van der Waals surface area (Å²) in [6, 6.07) is 9.96. The van der Waals surface area contributed by atoms with Gasteiger partial charge in [0.25, 0.3) is 0 Å². The standard InChI is InChI=1S/C18H19N3O2S/c1-12-5-3-4-6-15(12)13(2)19-16(22)7-8-17-20-21-18(23-17)14-9-10-24-11-14/h3-6,9-11,13H,7-8H2,1-2H3,(H,19,22). The van der Waals surface area contributed by atoms with Crippen LogP contribution in [-0.2, 0) is 11.2 Å². The summed E-state index contributed by atoms with van der Waals surface area (Å²) < 4.78 is 5.59. The van der Waals surface area contributed by atoms with Gasteiger partial charge in [-0.05, 0) is 36.4 Å². The molecule has 3 aromatic rings. The molecule has 0 fully saturated rings. The van der Waals surface area contributed by atoms with Gasteiger partial charge in [-0.25, -0.2) is 0 Å². The molecule has 0 bridgehead atoms. The number of thiophene rings is 1. The molecule has 2 heterocycles. The Kier molecular flexibility index (Phi) is 5.05. The highest BCUT2D eigenvalue weighted by molar-refractivity contribution is 7.08. The predicted molar refractivity (Wildman–Crippen MR) is 93.7 cm³/mol. The van der Waals surface area contributed by atoms with Crippen molar-refractivity contribution < 1.29 is 9.21 Å². The van der Waals surface area contributed by atoms with Gasteiger partial charge in [-0.3, -0.25) is 4.79 Å². The number of nitrogens with zero attached hydrogens (tertiary/aromatic N) is 2. The van der Waals surface area contributed by atoms with Crippen molar-refractivity contribution in [1.82, 2.24) is 15.5 Å². The fourth-order valence-electron chi connectivity index (χ4n) is 2.54. The zero-order valence-electron chi connectivity index (χ0n) is 13.7. The van der Waals surface area contributed by atoms with Crippen LogP contribution in [0, 0.1) is 6.92 Å². The minimum absolute atomic E-state index is 0.0252. The Labute approximate surface area is 144 Å². The summed E-state index contributed by atoms with van der Waals surface area (Å²) in [5, 5.41) is 14.9. The number of aryl methyl sites for hydroxylation is 2. The molecular formula is C18H19N3O2S. The van der Waals surface area contributed by atoms with E-state index in [2.05, 4.69) is 15.5 Å². The van der Waals surface area contributed by atoms with Crippen molar-refractivity contribution in [2.24, 2.45) is 0 Å². The van der Waals surface area contributed by atoms with Crippen molar-refractivity contribution in [2.75, 3.05) is 0 Å². The number of aromatic nitrogens is 2. The molecule has 0 aliphatic rings. The lowest BCUT2D eigenvalue weighted by Gasteiger charge is -2.16. The first-order valence-electron chi connectivity index (χ1n) is 7.83. The summed E-state index contributed by atoms with van der Waals surface area (Å²) in [7, 11) is 0. The van der Waals surface area contributed by atoms with E-state index in [4.69, 9.17) is 4.42 Å². The van der Waals surface area contributed by atoms with Gasteiger partial charge in [0.15, 0.2) is 0 Å². The molecule has 3 rings (SSSR count). The normalized spacial score (nSPS) is 12.1. The van der Waals surface area contributed by atoms with Crippen LogP contribution in [0.2, 0.25) is 0 Å². The van der Waals surface area contributed by atoms with Gasteiger partial charge in [0.05, 0.1) is 6.04 Å². The van der Waals surface area contributed by atoms with Crippen LogP contribution in [0.4, 0.5) is 0 Å². The van der Waals surface area contributed by atoms with E-state index in [9.17, 15) is 4.79 Å². The lowest BCUT2D eigenvalue weighted by Crippen LogP contribution is -2.27. The summed E-state index contributed by atoms with van der Waals surface area (Å²) >= 11 is 1.58. The molecule has 1 unspecified atom stereocenters. The van der Waals surface area contributed by atoms with Crippen molar-refractivity contribution in [2.45, 2.75) is 32.7 Å². The van der Waals surface area contributed by atoms with Crippen molar-refractivity contribution in [3.63, 3.8) is 0 Å². The van der Waals surface area contributed by atoms with E-state index >= 15 is 0 Å². The molecule has 24 heavy (non-hydrogen) atoms. The number of carbonyl (C=O) groups is 1. The van der Waals surface area contributed by atoms with Crippen LogP contribution >= 0.6 is 11.3 Å². The fraction of sp³-hybridized carbons (Fsp3) is 0.278. The molecule has 2 aromatic heterocycles. The minimum atomic E-state index is -0.0268. The summed E-state index contributed by atoms with van der Waals surface area (Å²) in [5.74, 6) is 0.955. The average Bonchev–Trinajstić information content (AvgIpc) is 3.24. The summed E-state index contributed by atoms with van der Waals surface area (Å²) in [4.78, 5) is 12.1. The second-order valence-corrected chi connectivity index (χ2v) is 6.44. The quantitative estimate of drug-likeness (QED) is 0.738. The Morgan fingerprint density at radius 2 is 2.12 bits per heavy atom. The smallest absolute Gasteiger partial charge is 0.248 e. The Balaban J connectivity index is 1.53. The molecule has 0 aliphatic heterocycles. The van der Waals surface area contributed by atoms with E-state index in [1.807, 2.05) is 54.9 Å². The Morgan fingerprint density at radius 1 is 1.29 bits per heavy atom. The molecule has 1 amide bonds. The Hall–Kier alpha value is -2.47. The van der Waals surface area contributed by atoms with Gasteiger partial charge in [-0.2, -0.15) is 11.3 Å². The lowest BCUT2D eigenvalue weighted by molar-refractivity contribution is -0.121. The Morgan fingerprint density at radius 3 is 2.88 bits per heavy atom. The molecule has 0 spiro atoms. The van der Waals surface area contributed by atoms with Crippen LogP contribution in [0.3, 0.4) is 0 Å². The van der Waals surface area contributed by atoms with Gasteiger partial charge in [-0.1, -0.05) is 24.3 Å². The summed E-state index contributed by atoms with van der Waals surface area (Å²) in [6.07, 6.45) is 0.755. The molecule has 1 atom stereocenters. The summed E-state index contributed by atoms with van der Waals surface area (Å²) in [5.41, 5.74) is 3.21. The summed E-state index contributed by atoms with van der Waals surface area (Å²) in [6.45, 7) is 4.03. The number of carbonyl (C=O) groups excluding carboxylic acids is 1. The first-order valence-corrected chi connectivity index (χ1v) is 8.77. The first kappa shape index (κ1) is 16.4. The number of hydrogen-bond acceptors (Lipinski definition) is 5. The van der Waals surface area contributed by atoms with E-state index in [1.54, 1.807) is 11.3 Å². The van der Waals surface area contributed by atoms with E-state index in [1.165, 1.54) is 5.56 Å². The van der Waals surface area contributed by atoms with Gasteiger partial charge < -0.3 is 9.73 Å². The van der Waals surface area contributed by atoms with Crippen LogP contribution in [0.15, 0.2) is 45.5 Å². The van der Waals surface area contributed by atoms with Crippen LogP contribution in [0.25, 0.3) is 11.5 Å². The molecule has 6 heteroatoms. The Bertz CT molecular complexity index is 811. The monoisotopic (exact) mass is 341 g/mol. The maximum atomic E-state index is 12.1. The number of amides is 1. The SMILES string of the molecule is Cc1ccccc1C(C)NC(=O)CCc1nnc(-c2ccsc2)o1. The van der Waals surface area contributed by atoms with E-state index < -0.39 is 0 Å². The second-order valence-electron chi connectivity index (χ2n) is 5.66. The van der Waals surface area contributed by atoms with Crippen LogP contribution in [0.5, 0.6) is 0 Å². The third kappa shape index (κ3) is 3.89. The lowest BCUT2D eigenvalue weighted by atomic mass is 10.0. The molecule has 1 N–H and O–H groups in total. The van der Waals surface area contributed by atoms with E-state index in [0.29, 0.717) is 24.6 Å². The molecular weight excluding hydrogens is 322 g/mol. The predicted octanol–water partition coefficient (Wildman–Crippen LogP) is 3.92. The average molecular weight is 341 g/mol. The van der Waals surface area contributed by atoms with Crippen molar-refractivity contribution in [3.8, 4) is 11.5 Å². The third-order valence-electron chi connectivity index (χ3n) is 3.83. The van der Waals surface area contributed by atoms with E-state index in [0.717, 1.165) is 11.1 Å². The topological polar surface area (TPSA) is 68.0 Å². The number of benzene rings is 1. The molecule has 5 nitrogen and oxygen atoms in total. The molecule has 0 saturated carbocycles. The number of rotatable bonds is 6. The zero-order chi connectivity index (χ0) is 16.9. The van der Waals surface area contributed by atoms with Crippen LogP contribution in [-0.4, -0.2) is 16.1 Å². The first-order chi connectivity index (χ1) is 11.6. The molecule has 124 valence electrons. The largest absolute Gasteiger partial charge is 0.421 e. The maximum Gasteiger partial charge on any atom is 0.248 e. The van der Waals surface area contributed by atoms with Gasteiger partial charge in [0, 0.05) is 23.8 Å². The number of nitrogens with one attached hydrogen (secondary N) is 1. The highest BCUT2D eigenvalue weighted by Crippen LogP contribution is 2.21. The van der Waals surface area contributed by atoms with E-state index in [-0.39, 0.29) is 11.9 Å². The van der Waals surface area contributed by atoms with Crippen molar-refractivity contribution >= 4 is 17.2 Å². The number of hydrogen-bond donors (Lipinski definition) is 1. The zero-order valence-corrected chi connectivity index (χ0v) is 14.5. The molecule has 0 radical (unpaired) electrons. The highest BCUT2D eigenvalue weighted by atomic mass is 32.1. The van der Waals surface area contributed by atoms with Crippen molar-refractivity contribution in [1.29, 1.82) is 0 Å². The van der Waals surface area contributed by atoms with Crippen molar-refractivity contribution in [3.05, 3.63) is 58.1 Å². The second kappa shape index (κ2) is 7.40. The van der Waals surface area contributed by atoms with Gasteiger partial charge in [-0.15, -0.1) is 10.2 Å². The van der Waals surface area contributed by atoms with Crippen LogP contribution < -0.4 is 5.32 Å². The fourth-order valence-corrected chi connectivity index (χ4v) is 3.17. The van der Waals surface area contributed by atoms with Gasteiger partial charge in [0.2, 0.25) is 17.7 Å². The molecule has 0 saturated heterocycles. The molecule has 0 aliphatic carbocycles. The highest BCUT2D eigenvalue weighted by Gasteiger charge is 2.14. The maximum absolute atomic E-state index is 12.1. The van der Waals surface area contributed by atoms with Crippen LogP contribution in [0.1, 0.15) is 36.4 Å². The molecule has 1 aromatic carbocycles. The van der Waals surface area contributed by atoms with Gasteiger partial charge >= 0.3 is 0 Å². The van der Waals surface area contributed by atoms with Gasteiger partial charge in [0.1, 0.15) is 0 Å². The third-order valence-corrected chi connectivity index (χ3v) is 4.52. The minimum Gasteiger partial charge on any atom is -0.421 e.